The van der Waals surface area contributed by atoms with E-state index in [9.17, 15) is 18.0 Å². The summed E-state index contributed by atoms with van der Waals surface area (Å²) in [5.41, 5.74) is -0.144. The van der Waals surface area contributed by atoms with Crippen molar-refractivity contribution < 1.29 is 8.42 Å². The summed E-state index contributed by atoms with van der Waals surface area (Å²) in [5, 5.41) is -0.171. The minimum absolute atomic E-state index is 0.0130. The van der Waals surface area contributed by atoms with E-state index in [-0.39, 0.29) is 34.5 Å². The van der Waals surface area contributed by atoms with Crippen LogP contribution in [0.15, 0.2) is 39.3 Å². The Morgan fingerprint density at radius 3 is 2.41 bits per heavy atom. The second-order valence-corrected chi connectivity index (χ2v) is 8.87. The Hall–Kier alpha value is -2.75. The highest BCUT2D eigenvalue weighted by Gasteiger charge is 2.33. The van der Waals surface area contributed by atoms with Crippen LogP contribution in [0.3, 0.4) is 0 Å². The summed E-state index contributed by atoms with van der Waals surface area (Å²) in [4.78, 5) is 33.5. The molecule has 1 fully saturated rings. The number of aromatic nitrogens is 5. The van der Waals surface area contributed by atoms with Crippen molar-refractivity contribution in [2.75, 3.05) is 5.75 Å². The Labute approximate surface area is 154 Å². The molecule has 0 aliphatic heterocycles. The fraction of sp³-hybridized carbons (Fsp3) is 0.412. The number of aryl methyl sites for hydroxylation is 1. The van der Waals surface area contributed by atoms with Crippen LogP contribution in [0, 0.1) is 5.92 Å². The van der Waals surface area contributed by atoms with Crippen LogP contribution in [0.4, 0.5) is 0 Å². The summed E-state index contributed by atoms with van der Waals surface area (Å²) in [5.74, 6) is 0.163. The standard InChI is InChI=1S/C17H19N5O4S/c1-20-13-14(19-16(20)27(25,26)10-12-3-4-12)22(17(24)21(2)15(13)23)9-11-5-7-18-8-6-11/h5-8,12H,3-4,9-10H2,1-2H3. The Kier molecular flexibility index (Phi) is 4.02. The highest BCUT2D eigenvalue weighted by molar-refractivity contribution is 7.91. The van der Waals surface area contributed by atoms with Gasteiger partial charge in [-0.25, -0.2) is 13.2 Å². The molecule has 3 aromatic rings. The molecule has 0 saturated heterocycles. The quantitative estimate of drug-likeness (QED) is 0.610. The largest absolute Gasteiger partial charge is 0.332 e. The molecule has 10 heteroatoms. The molecular weight excluding hydrogens is 370 g/mol. The van der Waals surface area contributed by atoms with Crippen molar-refractivity contribution >= 4 is 21.0 Å². The van der Waals surface area contributed by atoms with Gasteiger partial charge >= 0.3 is 5.69 Å². The van der Waals surface area contributed by atoms with Crippen molar-refractivity contribution in [2.24, 2.45) is 20.0 Å². The highest BCUT2D eigenvalue weighted by atomic mass is 32.2. The molecule has 4 rings (SSSR count). The zero-order valence-electron chi connectivity index (χ0n) is 15.0. The lowest BCUT2D eigenvalue weighted by molar-refractivity contribution is 0.576. The molecule has 3 aromatic heterocycles. The Morgan fingerprint density at radius 2 is 1.78 bits per heavy atom. The fourth-order valence-corrected chi connectivity index (χ4v) is 5.01. The Morgan fingerprint density at radius 1 is 1.11 bits per heavy atom. The average molecular weight is 389 g/mol. The number of imidazole rings is 1. The van der Waals surface area contributed by atoms with Gasteiger partial charge in [-0.05, 0) is 36.5 Å². The van der Waals surface area contributed by atoms with Crippen LogP contribution in [0.5, 0.6) is 0 Å². The number of rotatable bonds is 5. The molecule has 1 aliphatic carbocycles. The molecule has 3 heterocycles. The molecular formula is C17H19N5O4S. The highest BCUT2D eigenvalue weighted by Crippen LogP contribution is 2.32. The molecule has 142 valence electrons. The molecule has 0 atom stereocenters. The van der Waals surface area contributed by atoms with Crippen molar-refractivity contribution in [3.05, 3.63) is 50.9 Å². The van der Waals surface area contributed by atoms with Gasteiger partial charge in [0.1, 0.15) is 0 Å². The van der Waals surface area contributed by atoms with E-state index in [0.717, 1.165) is 23.0 Å². The normalized spacial score (nSPS) is 14.7. The molecule has 0 unspecified atom stereocenters. The third kappa shape index (κ3) is 2.99. The Balaban J connectivity index is 1.97. The van der Waals surface area contributed by atoms with E-state index in [2.05, 4.69) is 9.97 Å². The molecule has 27 heavy (non-hydrogen) atoms. The molecule has 0 bridgehead atoms. The van der Waals surface area contributed by atoms with Crippen LogP contribution in [-0.4, -0.2) is 37.8 Å². The maximum Gasteiger partial charge on any atom is 0.332 e. The molecule has 0 amide bonds. The van der Waals surface area contributed by atoms with Gasteiger partial charge in [0.05, 0.1) is 12.3 Å². The van der Waals surface area contributed by atoms with Crippen molar-refractivity contribution in [3.8, 4) is 0 Å². The smallest absolute Gasteiger partial charge is 0.312 e. The van der Waals surface area contributed by atoms with E-state index in [1.54, 1.807) is 24.5 Å². The lowest BCUT2D eigenvalue weighted by Crippen LogP contribution is -2.38. The molecule has 0 N–H and O–H groups in total. The zero-order valence-corrected chi connectivity index (χ0v) is 15.8. The van der Waals surface area contributed by atoms with E-state index >= 15 is 0 Å². The first-order valence-corrected chi connectivity index (χ1v) is 10.2. The van der Waals surface area contributed by atoms with E-state index in [1.165, 1.54) is 23.2 Å². The summed E-state index contributed by atoms with van der Waals surface area (Å²) in [6.07, 6.45) is 4.97. The predicted octanol–water partition coefficient (Wildman–Crippen LogP) is 0.0607. The van der Waals surface area contributed by atoms with Crippen LogP contribution < -0.4 is 11.2 Å². The van der Waals surface area contributed by atoms with Crippen LogP contribution in [0.1, 0.15) is 18.4 Å². The first kappa shape index (κ1) is 17.7. The molecule has 9 nitrogen and oxygen atoms in total. The minimum Gasteiger partial charge on any atom is -0.312 e. The number of hydrogen-bond acceptors (Lipinski definition) is 6. The number of nitrogens with zero attached hydrogens (tertiary/aromatic N) is 5. The average Bonchev–Trinajstić information content (AvgIpc) is 3.36. The van der Waals surface area contributed by atoms with Crippen LogP contribution >= 0.6 is 0 Å². The van der Waals surface area contributed by atoms with Crippen LogP contribution in [0.2, 0.25) is 0 Å². The third-order valence-corrected chi connectivity index (χ3v) is 6.67. The zero-order chi connectivity index (χ0) is 19.3. The third-order valence-electron chi connectivity index (χ3n) is 4.84. The van der Waals surface area contributed by atoms with Gasteiger partial charge in [0.25, 0.3) is 5.56 Å². The topological polar surface area (TPSA) is 109 Å². The summed E-state index contributed by atoms with van der Waals surface area (Å²) in [7, 11) is -0.772. The second kappa shape index (κ2) is 6.15. The number of fused-ring (bicyclic) bond motifs is 1. The van der Waals surface area contributed by atoms with Gasteiger partial charge in [-0.3, -0.25) is 18.9 Å². The van der Waals surface area contributed by atoms with Crippen LogP contribution in [-0.2, 0) is 30.5 Å². The first-order chi connectivity index (χ1) is 12.8. The number of sulfone groups is 1. The van der Waals surface area contributed by atoms with Gasteiger partial charge < -0.3 is 4.57 Å². The maximum atomic E-state index is 12.7. The molecule has 1 aliphatic rings. The van der Waals surface area contributed by atoms with E-state index < -0.39 is 21.1 Å². The van der Waals surface area contributed by atoms with Crippen molar-refractivity contribution in [2.45, 2.75) is 24.5 Å². The summed E-state index contributed by atoms with van der Waals surface area (Å²) >= 11 is 0. The first-order valence-electron chi connectivity index (χ1n) is 8.57. The van der Waals surface area contributed by atoms with Gasteiger partial charge in [0.2, 0.25) is 15.0 Å². The van der Waals surface area contributed by atoms with Gasteiger partial charge in [-0.1, -0.05) is 0 Å². The van der Waals surface area contributed by atoms with Gasteiger partial charge in [0.15, 0.2) is 11.2 Å². The lowest BCUT2D eigenvalue weighted by Gasteiger charge is -2.09. The SMILES string of the molecule is Cn1c(=O)c2c(nc(S(=O)(=O)CC3CC3)n2C)n(Cc2ccncc2)c1=O. The number of pyridine rings is 1. The second-order valence-electron chi connectivity index (χ2n) is 6.94. The van der Waals surface area contributed by atoms with E-state index in [4.69, 9.17) is 0 Å². The summed E-state index contributed by atoms with van der Waals surface area (Å²) < 4.78 is 29.1. The van der Waals surface area contributed by atoms with E-state index in [0.29, 0.717) is 0 Å². The molecule has 0 spiro atoms. The monoisotopic (exact) mass is 389 g/mol. The molecule has 0 aromatic carbocycles. The van der Waals surface area contributed by atoms with Crippen molar-refractivity contribution in [3.63, 3.8) is 0 Å². The van der Waals surface area contributed by atoms with E-state index in [1.807, 2.05) is 0 Å². The predicted molar refractivity (Wildman–Crippen MR) is 98.3 cm³/mol. The van der Waals surface area contributed by atoms with Crippen molar-refractivity contribution in [1.82, 2.24) is 23.7 Å². The Bertz CT molecular complexity index is 1250. The van der Waals surface area contributed by atoms with Gasteiger partial charge in [0, 0.05) is 26.5 Å². The maximum absolute atomic E-state index is 12.7. The minimum atomic E-state index is -3.64. The van der Waals surface area contributed by atoms with Gasteiger partial charge in [-0.15, -0.1) is 0 Å². The summed E-state index contributed by atoms with van der Waals surface area (Å²) in [6.45, 7) is 0.158. The summed E-state index contributed by atoms with van der Waals surface area (Å²) in [6, 6.07) is 3.49. The van der Waals surface area contributed by atoms with Gasteiger partial charge in [-0.2, -0.15) is 4.98 Å². The molecule has 1 saturated carbocycles. The molecule has 0 radical (unpaired) electrons. The fourth-order valence-electron chi connectivity index (χ4n) is 3.17. The van der Waals surface area contributed by atoms with Crippen molar-refractivity contribution in [1.29, 1.82) is 0 Å². The van der Waals surface area contributed by atoms with Crippen LogP contribution in [0.25, 0.3) is 11.2 Å². The number of hydrogen-bond donors (Lipinski definition) is 0. The lowest BCUT2D eigenvalue weighted by atomic mass is 10.2.